The molecule has 1 amide bonds. The number of alkyl halides is 3. The summed E-state index contributed by atoms with van der Waals surface area (Å²) in [6, 6.07) is 4.89. The second-order valence-corrected chi connectivity index (χ2v) is 6.39. The van der Waals surface area contributed by atoms with Crippen molar-refractivity contribution < 1.29 is 32.2 Å². The number of carbonyl (C=O) groups excluding carboxylic acids is 2. The molecule has 8 nitrogen and oxygen atoms in total. The lowest BCUT2D eigenvalue weighted by molar-refractivity contribution is -0.143. The number of thioether (sulfide) groups is 1. The van der Waals surface area contributed by atoms with Gasteiger partial charge in [-0.05, 0) is 11.6 Å². The molecule has 28 heavy (non-hydrogen) atoms. The Morgan fingerprint density at radius 3 is 2.68 bits per heavy atom. The second kappa shape index (κ2) is 9.55. The third kappa shape index (κ3) is 6.53. The van der Waals surface area contributed by atoms with Gasteiger partial charge in [0.15, 0.2) is 5.16 Å². The molecule has 1 aromatic carbocycles. The number of ether oxygens (including phenoxy) is 2. The van der Waals surface area contributed by atoms with Gasteiger partial charge in [-0.2, -0.15) is 18.2 Å². The van der Waals surface area contributed by atoms with Gasteiger partial charge in [0.25, 0.3) is 5.91 Å². The number of primary amides is 1. The Kier molecular flexibility index (Phi) is 7.40. The first kappa shape index (κ1) is 21.7. The first-order valence-electron chi connectivity index (χ1n) is 7.91. The lowest BCUT2D eigenvalue weighted by Crippen LogP contribution is -2.15. The van der Waals surface area contributed by atoms with Crippen molar-refractivity contribution in [2.24, 2.45) is 5.73 Å². The van der Waals surface area contributed by atoms with E-state index in [2.05, 4.69) is 10.1 Å². The summed E-state index contributed by atoms with van der Waals surface area (Å²) in [6.07, 6.45) is -4.43. The topological polar surface area (TPSA) is 109 Å². The molecule has 1 heterocycles. The quantitative estimate of drug-likeness (QED) is 0.378. The summed E-state index contributed by atoms with van der Waals surface area (Å²) in [5.74, 6) is -1.37. The summed E-state index contributed by atoms with van der Waals surface area (Å²) < 4.78 is 49.7. The van der Waals surface area contributed by atoms with E-state index in [4.69, 9.17) is 15.2 Å². The molecule has 0 radical (unpaired) electrons. The molecule has 2 aromatic rings. The lowest BCUT2D eigenvalue weighted by Gasteiger charge is -2.09. The molecule has 1 aromatic heterocycles. The van der Waals surface area contributed by atoms with E-state index < -0.39 is 23.6 Å². The molecule has 2 rings (SSSR count). The number of hydrogen-bond acceptors (Lipinski definition) is 7. The van der Waals surface area contributed by atoms with Crippen molar-refractivity contribution in [2.75, 3.05) is 13.2 Å². The fourth-order valence-electron chi connectivity index (χ4n) is 2.00. The van der Waals surface area contributed by atoms with Crippen molar-refractivity contribution in [1.29, 1.82) is 0 Å². The van der Waals surface area contributed by atoms with E-state index in [1.165, 1.54) is 17.7 Å². The molecule has 0 bridgehead atoms. The minimum atomic E-state index is -4.43. The van der Waals surface area contributed by atoms with Gasteiger partial charge in [0, 0.05) is 12.7 Å². The summed E-state index contributed by atoms with van der Waals surface area (Å²) in [5.41, 5.74) is 4.84. The van der Waals surface area contributed by atoms with Crippen LogP contribution in [0.2, 0.25) is 0 Å². The minimum absolute atomic E-state index is 0.0411. The van der Waals surface area contributed by atoms with Crippen molar-refractivity contribution in [3.05, 3.63) is 41.2 Å². The number of nitrogens with zero attached hydrogens (tertiary/aromatic N) is 3. The molecular weight excluding hydrogens is 401 g/mol. The van der Waals surface area contributed by atoms with Gasteiger partial charge in [-0.3, -0.25) is 9.59 Å². The molecule has 0 aliphatic rings. The smallest absolute Gasteiger partial charge is 0.416 e. The Morgan fingerprint density at radius 2 is 2.04 bits per heavy atom. The normalized spacial score (nSPS) is 11.4. The molecule has 0 aliphatic heterocycles. The number of rotatable bonds is 9. The number of hydrogen-bond donors (Lipinski definition) is 1. The number of aromatic nitrogens is 3. The molecular formula is C16H17F3N4O4S. The highest BCUT2D eigenvalue weighted by atomic mass is 32.2. The van der Waals surface area contributed by atoms with Gasteiger partial charge in [0.05, 0.1) is 12.2 Å². The van der Waals surface area contributed by atoms with Gasteiger partial charge in [-0.1, -0.05) is 30.0 Å². The maximum atomic E-state index is 12.8. The minimum Gasteiger partial charge on any atom is -0.463 e. The van der Waals surface area contributed by atoms with Gasteiger partial charge in [0.1, 0.15) is 13.3 Å². The molecule has 0 unspecified atom stereocenters. The third-order valence-corrected chi connectivity index (χ3v) is 4.26. The average Bonchev–Trinajstić information content (AvgIpc) is 3.02. The maximum absolute atomic E-state index is 12.8. The van der Waals surface area contributed by atoms with Crippen LogP contribution in [0.25, 0.3) is 0 Å². The summed E-state index contributed by atoms with van der Waals surface area (Å²) in [6.45, 7) is 1.29. The van der Waals surface area contributed by atoms with Crippen LogP contribution < -0.4 is 5.73 Å². The molecule has 0 fully saturated rings. The summed E-state index contributed by atoms with van der Waals surface area (Å²) in [4.78, 5) is 26.0. The van der Waals surface area contributed by atoms with Gasteiger partial charge >= 0.3 is 12.1 Å². The Labute approximate surface area is 162 Å². The van der Waals surface area contributed by atoms with Crippen LogP contribution in [-0.2, 0) is 32.9 Å². The summed E-state index contributed by atoms with van der Waals surface area (Å²) in [7, 11) is 0. The van der Waals surface area contributed by atoms with Crippen molar-refractivity contribution in [1.82, 2.24) is 14.8 Å². The van der Waals surface area contributed by atoms with Crippen LogP contribution >= 0.6 is 11.8 Å². The molecule has 0 aliphatic carbocycles. The molecule has 0 saturated heterocycles. The molecule has 152 valence electrons. The van der Waals surface area contributed by atoms with E-state index in [0.29, 0.717) is 5.56 Å². The van der Waals surface area contributed by atoms with E-state index in [1.807, 2.05) is 0 Å². The Morgan fingerprint density at radius 1 is 1.29 bits per heavy atom. The standard InChI is InChI=1S/C16H17F3N4O4S/c1-10(24)27-6-5-26-9-23-15(21-14(22-23)13(20)25)28-8-11-3-2-4-12(7-11)16(17,18)19/h2-4,7H,5-6,8-9H2,1H3,(H2,20,25). The fourth-order valence-corrected chi connectivity index (χ4v) is 2.87. The van der Waals surface area contributed by atoms with Crippen molar-refractivity contribution in [2.45, 2.75) is 30.7 Å². The first-order chi connectivity index (χ1) is 13.2. The summed E-state index contributed by atoms with van der Waals surface area (Å²) in [5, 5.41) is 4.16. The number of halogens is 3. The number of esters is 1. The maximum Gasteiger partial charge on any atom is 0.416 e. The highest BCUT2D eigenvalue weighted by molar-refractivity contribution is 7.98. The fraction of sp³-hybridized carbons (Fsp3) is 0.375. The van der Waals surface area contributed by atoms with Crippen LogP contribution in [0.4, 0.5) is 13.2 Å². The number of carbonyl (C=O) groups is 2. The van der Waals surface area contributed by atoms with E-state index in [0.717, 1.165) is 23.9 Å². The van der Waals surface area contributed by atoms with Crippen LogP contribution in [0.1, 0.15) is 28.7 Å². The first-order valence-corrected chi connectivity index (χ1v) is 8.90. The molecule has 12 heteroatoms. The zero-order chi connectivity index (χ0) is 20.7. The van der Waals surface area contributed by atoms with Crippen molar-refractivity contribution in [3.8, 4) is 0 Å². The Bertz CT molecular complexity index is 842. The van der Waals surface area contributed by atoms with E-state index in [1.54, 1.807) is 6.07 Å². The molecule has 0 atom stereocenters. The van der Waals surface area contributed by atoms with Crippen molar-refractivity contribution in [3.63, 3.8) is 0 Å². The van der Waals surface area contributed by atoms with Crippen LogP contribution in [0.15, 0.2) is 29.4 Å². The second-order valence-electron chi connectivity index (χ2n) is 5.45. The van der Waals surface area contributed by atoms with Crippen LogP contribution in [0.3, 0.4) is 0 Å². The highest BCUT2D eigenvalue weighted by Crippen LogP contribution is 2.31. The average molecular weight is 418 g/mol. The predicted octanol–water partition coefficient (Wildman–Crippen LogP) is 2.23. The van der Waals surface area contributed by atoms with Crippen LogP contribution in [-0.4, -0.2) is 39.9 Å². The lowest BCUT2D eigenvalue weighted by atomic mass is 10.1. The highest BCUT2D eigenvalue weighted by Gasteiger charge is 2.30. The zero-order valence-corrected chi connectivity index (χ0v) is 15.5. The third-order valence-electron chi connectivity index (χ3n) is 3.23. The van der Waals surface area contributed by atoms with Gasteiger partial charge in [-0.25, -0.2) is 4.68 Å². The number of amides is 1. The zero-order valence-electron chi connectivity index (χ0n) is 14.7. The van der Waals surface area contributed by atoms with Gasteiger partial charge in [-0.15, -0.1) is 5.10 Å². The SMILES string of the molecule is CC(=O)OCCOCn1nc(C(N)=O)nc1SCc1cccc(C(F)(F)F)c1. The van der Waals surface area contributed by atoms with Gasteiger partial charge < -0.3 is 15.2 Å². The number of benzene rings is 1. The van der Waals surface area contributed by atoms with Crippen LogP contribution in [0, 0.1) is 0 Å². The van der Waals surface area contributed by atoms with Gasteiger partial charge in [0.2, 0.25) is 5.82 Å². The molecule has 0 saturated carbocycles. The largest absolute Gasteiger partial charge is 0.463 e. The monoisotopic (exact) mass is 418 g/mol. The van der Waals surface area contributed by atoms with E-state index in [-0.39, 0.29) is 36.7 Å². The van der Waals surface area contributed by atoms with Crippen molar-refractivity contribution >= 4 is 23.6 Å². The molecule has 0 spiro atoms. The Balaban J connectivity index is 2.03. The van der Waals surface area contributed by atoms with E-state index >= 15 is 0 Å². The molecule has 2 N–H and O–H groups in total. The number of nitrogens with two attached hydrogens (primary N) is 1. The summed E-state index contributed by atoms with van der Waals surface area (Å²) >= 11 is 1.08. The Hall–Kier alpha value is -2.60. The van der Waals surface area contributed by atoms with E-state index in [9.17, 15) is 22.8 Å². The van der Waals surface area contributed by atoms with Crippen LogP contribution in [0.5, 0.6) is 0 Å². The predicted molar refractivity (Wildman–Crippen MR) is 92.1 cm³/mol.